The first-order chi connectivity index (χ1) is 23.8. The molecule has 2 aromatic rings. The molecule has 3 amide bonds. The van der Waals surface area contributed by atoms with Gasteiger partial charge in [0.05, 0.1) is 13.2 Å². The fourth-order valence-electron chi connectivity index (χ4n) is 6.70. The number of nitrogens with zero attached hydrogens (tertiary/aromatic N) is 1. The van der Waals surface area contributed by atoms with Crippen LogP contribution in [-0.2, 0) is 34.2 Å². The number of ether oxygens (including phenoxy) is 3. The second-order valence-corrected chi connectivity index (χ2v) is 14.2. The second kappa shape index (κ2) is 16.5. The summed E-state index contributed by atoms with van der Waals surface area (Å²) in [5, 5.41) is 5.74. The van der Waals surface area contributed by atoms with Crippen molar-refractivity contribution in [3.63, 3.8) is 0 Å². The van der Waals surface area contributed by atoms with Crippen molar-refractivity contribution in [2.45, 2.75) is 101 Å². The third kappa shape index (κ3) is 9.01. The summed E-state index contributed by atoms with van der Waals surface area (Å²) in [5.74, 6) is -1.77. The Bertz CT molecular complexity index is 1520. The first-order valence-corrected chi connectivity index (χ1v) is 17.6. The lowest BCUT2D eigenvalue weighted by atomic mass is 9.89. The number of nitrogens with one attached hydrogen (secondary N) is 2. The van der Waals surface area contributed by atoms with Crippen molar-refractivity contribution in [2.24, 2.45) is 5.92 Å². The summed E-state index contributed by atoms with van der Waals surface area (Å²) in [5.41, 5.74) is -0.212. The highest BCUT2D eigenvalue weighted by Crippen LogP contribution is 2.47. The van der Waals surface area contributed by atoms with Gasteiger partial charge >= 0.3 is 12.1 Å². The summed E-state index contributed by atoms with van der Waals surface area (Å²) < 4.78 is 17.1. The number of unbranched alkanes of at least 4 members (excludes halogenated alkanes) is 3. The predicted molar refractivity (Wildman–Crippen MR) is 193 cm³/mol. The molecule has 10 nitrogen and oxygen atoms in total. The number of hydrogen-bond donors (Lipinski definition) is 2. The standard InChI is InChI=1S/C40H53N3O7/c1-8-11-12-13-17-20-32(41-37(47)50-38(4,5)6)35(45)43-27-39(48-7,31-23-21-29(22-24-31)28-18-15-14-16-19-28)26-33(43)34(44)42-40(25-30(40)9-2)36(46)49-10-3/h8-9,14-16,18-19,21-24,30,32-33H,1-2,10-13,17,20,25-27H2,3-7H3,(H,41,47)(H,42,44)/t30-,32+,33+,39+,40-/m1/s1. The number of likely N-dealkylation sites (tertiary alicyclic amines) is 1. The molecule has 1 saturated heterocycles. The van der Waals surface area contributed by atoms with Crippen LogP contribution in [0, 0.1) is 5.92 Å². The minimum atomic E-state index is -1.25. The van der Waals surface area contributed by atoms with Crippen molar-refractivity contribution < 1.29 is 33.4 Å². The molecule has 0 aromatic heterocycles. The normalized spacial score (nSPS) is 23.3. The van der Waals surface area contributed by atoms with E-state index < -0.39 is 52.7 Å². The Balaban J connectivity index is 1.69. The Morgan fingerprint density at radius 2 is 1.66 bits per heavy atom. The fourth-order valence-corrected chi connectivity index (χ4v) is 6.70. The van der Waals surface area contributed by atoms with Gasteiger partial charge in [-0.3, -0.25) is 9.59 Å². The van der Waals surface area contributed by atoms with E-state index >= 15 is 0 Å². The molecule has 0 spiro atoms. The number of methoxy groups -OCH3 is 1. The van der Waals surface area contributed by atoms with Gasteiger partial charge in [-0.1, -0.05) is 79.6 Å². The van der Waals surface area contributed by atoms with E-state index in [4.69, 9.17) is 14.2 Å². The quantitative estimate of drug-likeness (QED) is 0.118. The summed E-state index contributed by atoms with van der Waals surface area (Å²) >= 11 is 0. The first kappa shape index (κ1) is 38.4. The number of carbonyl (C=O) groups is 4. The zero-order chi connectivity index (χ0) is 36.5. The molecule has 1 aliphatic heterocycles. The van der Waals surface area contributed by atoms with E-state index in [0.29, 0.717) is 19.3 Å². The van der Waals surface area contributed by atoms with Gasteiger partial charge in [0.15, 0.2) is 0 Å². The maximum Gasteiger partial charge on any atom is 0.408 e. The van der Waals surface area contributed by atoms with E-state index in [0.717, 1.165) is 36.0 Å². The van der Waals surface area contributed by atoms with Gasteiger partial charge in [-0.15, -0.1) is 13.2 Å². The Morgan fingerprint density at radius 1 is 0.980 bits per heavy atom. The number of allylic oxidation sites excluding steroid dienone is 1. The van der Waals surface area contributed by atoms with Gasteiger partial charge in [0.25, 0.3) is 0 Å². The Hall–Kier alpha value is -4.44. The molecular formula is C40H53N3O7. The first-order valence-electron chi connectivity index (χ1n) is 17.6. The summed E-state index contributed by atoms with van der Waals surface area (Å²) in [6.45, 7) is 14.8. The minimum absolute atomic E-state index is 0.0470. The molecule has 0 unspecified atom stereocenters. The third-order valence-electron chi connectivity index (χ3n) is 9.49. The average molecular weight is 688 g/mol. The van der Waals surface area contributed by atoms with Crippen molar-refractivity contribution in [3.8, 4) is 11.1 Å². The van der Waals surface area contributed by atoms with Crippen molar-refractivity contribution in [1.82, 2.24) is 15.5 Å². The van der Waals surface area contributed by atoms with Crippen LogP contribution in [0.1, 0.15) is 78.2 Å². The zero-order valence-electron chi connectivity index (χ0n) is 30.2. The lowest BCUT2D eigenvalue weighted by molar-refractivity contribution is -0.150. The van der Waals surface area contributed by atoms with Gasteiger partial charge in [0.2, 0.25) is 11.8 Å². The highest BCUT2D eigenvalue weighted by Gasteiger charge is 2.62. The molecule has 2 fully saturated rings. The third-order valence-corrected chi connectivity index (χ3v) is 9.49. The molecule has 5 atom stereocenters. The van der Waals surface area contributed by atoms with Crippen LogP contribution in [0.15, 0.2) is 79.9 Å². The molecule has 2 aromatic carbocycles. The smallest absolute Gasteiger partial charge is 0.408 e. The summed E-state index contributed by atoms with van der Waals surface area (Å²) in [4.78, 5) is 56.5. The van der Waals surface area contributed by atoms with Gasteiger partial charge in [0.1, 0.15) is 28.8 Å². The van der Waals surface area contributed by atoms with Crippen LogP contribution in [0.2, 0.25) is 0 Å². The zero-order valence-corrected chi connectivity index (χ0v) is 30.2. The SMILES string of the molecule is C=CCCCCC[C@H](NC(=O)OC(C)(C)C)C(=O)N1C[C@](OC)(c2ccc(-c3ccccc3)cc2)C[C@H]1C(=O)N[C@]1(C(=O)OCC)C[C@H]1C=C. The van der Waals surface area contributed by atoms with Gasteiger partial charge in [0, 0.05) is 19.4 Å². The van der Waals surface area contributed by atoms with Crippen LogP contribution >= 0.6 is 0 Å². The van der Waals surface area contributed by atoms with Crippen LogP contribution in [-0.4, -0.2) is 72.3 Å². The molecule has 50 heavy (non-hydrogen) atoms. The molecule has 270 valence electrons. The van der Waals surface area contributed by atoms with Crippen molar-refractivity contribution in [1.29, 1.82) is 0 Å². The molecule has 1 heterocycles. The highest BCUT2D eigenvalue weighted by molar-refractivity contribution is 5.96. The van der Waals surface area contributed by atoms with Crippen molar-refractivity contribution in [2.75, 3.05) is 20.3 Å². The monoisotopic (exact) mass is 687 g/mol. The molecule has 0 bridgehead atoms. The molecular weight excluding hydrogens is 634 g/mol. The van der Waals surface area contributed by atoms with Crippen LogP contribution < -0.4 is 10.6 Å². The van der Waals surface area contributed by atoms with E-state index in [1.165, 1.54) is 4.90 Å². The van der Waals surface area contributed by atoms with Gasteiger partial charge < -0.3 is 29.7 Å². The van der Waals surface area contributed by atoms with Crippen LogP contribution in [0.5, 0.6) is 0 Å². The topological polar surface area (TPSA) is 123 Å². The Labute approximate surface area is 296 Å². The van der Waals surface area contributed by atoms with Crippen LogP contribution in [0.25, 0.3) is 11.1 Å². The molecule has 1 aliphatic carbocycles. The molecule has 10 heteroatoms. The van der Waals surface area contributed by atoms with Crippen molar-refractivity contribution >= 4 is 23.9 Å². The number of benzene rings is 2. The van der Waals surface area contributed by atoms with Gasteiger partial charge in [-0.05, 0) is 70.1 Å². The average Bonchev–Trinajstić information content (AvgIpc) is 3.66. The lowest BCUT2D eigenvalue weighted by Crippen LogP contribution is -2.56. The number of rotatable bonds is 16. The molecule has 1 saturated carbocycles. The number of alkyl carbamates (subject to hydrolysis) is 1. The summed E-state index contributed by atoms with van der Waals surface area (Å²) in [6.07, 6.45) is 6.83. The highest BCUT2D eigenvalue weighted by atomic mass is 16.6. The van der Waals surface area contributed by atoms with E-state index in [1.54, 1.807) is 40.9 Å². The summed E-state index contributed by atoms with van der Waals surface area (Å²) in [6, 6.07) is 15.9. The van der Waals surface area contributed by atoms with Crippen molar-refractivity contribution in [3.05, 3.63) is 85.5 Å². The molecule has 2 aliphatic rings. The van der Waals surface area contributed by atoms with Crippen LogP contribution in [0.3, 0.4) is 0 Å². The molecule has 4 rings (SSSR count). The molecule has 0 radical (unpaired) electrons. The number of esters is 1. The largest absolute Gasteiger partial charge is 0.464 e. The van der Waals surface area contributed by atoms with Gasteiger partial charge in [-0.25, -0.2) is 9.59 Å². The number of amides is 3. The maximum atomic E-state index is 14.6. The number of carbonyl (C=O) groups excluding carboxylic acids is 4. The summed E-state index contributed by atoms with van der Waals surface area (Å²) in [7, 11) is 1.57. The Kier molecular flexibility index (Phi) is 12.7. The fraction of sp³-hybridized carbons (Fsp3) is 0.500. The van der Waals surface area contributed by atoms with Crippen LogP contribution in [0.4, 0.5) is 4.79 Å². The lowest BCUT2D eigenvalue weighted by Gasteiger charge is -2.31. The minimum Gasteiger partial charge on any atom is -0.464 e. The maximum absolute atomic E-state index is 14.6. The van der Waals surface area contributed by atoms with E-state index in [2.05, 4.69) is 23.8 Å². The van der Waals surface area contributed by atoms with E-state index in [1.807, 2.05) is 60.7 Å². The second-order valence-electron chi connectivity index (χ2n) is 14.2. The number of hydrogen-bond acceptors (Lipinski definition) is 7. The van der Waals surface area contributed by atoms with Gasteiger partial charge in [-0.2, -0.15) is 0 Å². The van der Waals surface area contributed by atoms with E-state index in [-0.39, 0.29) is 25.5 Å². The predicted octanol–water partition coefficient (Wildman–Crippen LogP) is 6.45. The Morgan fingerprint density at radius 3 is 2.24 bits per heavy atom. The van der Waals surface area contributed by atoms with E-state index in [9.17, 15) is 19.2 Å². The molecule has 2 N–H and O–H groups in total.